The first-order valence-corrected chi connectivity index (χ1v) is 10.6. The molecule has 0 radical (unpaired) electrons. The number of hydrogen-bond donors (Lipinski definition) is 0. The molecule has 0 unspecified atom stereocenters. The summed E-state index contributed by atoms with van der Waals surface area (Å²) in [4.78, 5) is 9.51. The number of imidazole rings is 1. The van der Waals surface area contributed by atoms with E-state index in [1.54, 1.807) is 71.7 Å². The summed E-state index contributed by atoms with van der Waals surface area (Å²) in [5.74, 6) is 3.56. The molecule has 0 aliphatic rings. The van der Waals surface area contributed by atoms with Gasteiger partial charge in [-0.1, -0.05) is 0 Å². The minimum Gasteiger partial charge on any atom is -0.493 e. The molecule has 0 amide bonds. The molecule has 35 heavy (non-hydrogen) atoms. The van der Waals surface area contributed by atoms with E-state index < -0.39 is 0 Å². The molecule has 0 bridgehead atoms. The Balaban J connectivity index is 1.89. The third-order valence-electron chi connectivity index (χ3n) is 5.33. The molecule has 0 saturated carbocycles. The van der Waals surface area contributed by atoms with Crippen molar-refractivity contribution in [1.82, 2.24) is 14.6 Å². The highest BCUT2D eigenvalue weighted by molar-refractivity contribution is 5.87. The molecule has 2 aromatic carbocycles. The summed E-state index contributed by atoms with van der Waals surface area (Å²) in [7, 11) is 9.37. The number of nitrogens with zero attached hydrogens (tertiary/aromatic N) is 4. The van der Waals surface area contributed by atoms with Crippen LogP contribution in [0.4, 0.5) is 5.82 Å². The predicted molar refractivity (Wildman–Crippen MR) is 131 cm³/mol. The van der Waals surface area contributed by atoms with Crippen LogP contribution < -0.4 is 28.4 Å². The summed E-state index contributed by atoms with van der Waals surface area (Å²) in [6.45, 7) is 0. The fourth-order valence-corrected chi connectivity index (χ4v) is 3.72. The summed E-state index contributed by atoms with van der Waals surface area (Å²) in [5.41, 5.74) is 2.68. The van der Waals surface area contributed by atoms with Crippen LogP contribution in [0.3, 0.4) is 0 Å². The molecule has 0 atom stereocenters. The van der Waals surface area contributed by atoms with Gasteiger partial charge in [-0.2, -0.15) is 9.61 Å². The maximum absolute atomic E-state index is 5.52. The maximum atomic E-state index is 5.52. The van der Waals surface area contributed by atoms with Crippen LogP contribution in [0.15, 0.2) is 47.6 Å². The third-order valence-corrected chi connectivity index (χ3v) is 5.33. The number of methoxy groups -OCH3 is 6. The van der Waals surface area contributed by atoms with E-state index in [9.17, 15) is 0 Å². The highest BCUT2D eigenvalue weighted by Gasteiger charge is 2.20. The Kier molecular flexibility index (Phi) is 6.91. The van der Waals surface area contributed by atoms with Gasteiger partial charge in [-0.05, 0) is 36.4 Å². The molecule has 182 valence electrons. The van der Waals surface area contributed by atoms with Gasteiger partial charge in [0.15, 0.2) is 34.5 Å². The van der Waals surface area contributed by atoms with Crippen LogP contribution in [0.2, 0.25) is 0 Å². The van der Waals surface area contributed by atoms with Gasteiger partial charge < -0.3 is 28.4 Å². The van der Waals surface area contributed by atoms with Crippen molar-refractivity contribution < 1.29 is 28.4 Å². The van der Waals surface area contributed by atoms with Crippen LogP contribution in [-0.2, 0) is 0 Å². The van der Waals surface area contributed by atoms with Gasteiger partial charge in [-0.15, -0.1) is 0 Å². The first-order chi connectivity index (χ1) is 17.1. The normalized spacial score (nSPS) is 11.0. The lowest BCUT2D eigenvalue weighted by molar-refractivity contribution is 0.324. The van der Waals surface area contributed by atoms with E-state index in [1.807, 2.05) is 24.3 Å². The van der Waals surface area contributed by atoms with E-state index in [0.29, 0.717) is 51.7 Å². The smallest absolute Gasteiger partial charge is 0.203 e. The molecule has 10 heteroatoms. The molecule has 10 nitrogen and oxygen atoms in total. The third kappa shape index (κ3) is 4.37. The van der Waals surface area contributed by atoms with Crippen LogP contribution in [0.5, 0.6) is 34.5 Å². The minimum atomic E-state index is 0.489. The van der Waals surface area contributed by atoms with E-state index in [4.69, 9.17) is 38.4 Å². The lowest BCUT2D eigenvalue weighted by Crippen LogP contribution is -1.97. The number of benzene rings is 2. The first kappa shape index (κ1) is 23.7. The second kappa shape index (κ2) is 10.2. The Morgan fingerprint density at radius 1 is 0.743 bits per heavy atom. The van der Waals surface area contributed by atoms with Crippen molar-refractivity contribution in [2.24, 2.45) is 4.99 Å². The minimum absolute atomic E-state index is 0.489. The Labute approximate surface area is 202 Å². The van der Waals surface area contributed by atoms with Crippen molar-refractivity contribution in [3.63, 3.8) is 0 Å². The maximum Gasteiger partial charge on any atom is 0.203 e. The lowest BCUT2D eigenvalue weighted by Gasteiger charge is -2.13. The van der Waals surface area contributed by atoms with E-state index in [2.05, 4.69) is 5.10 Å². The number of fused-ring (bicyclic) bond motifs is 1. The van der Waals surface area contributed by atoms with Crippen molar-refractivity contribution in [1.29, 1.82) is 0 Å². The van der Waals surface area contributed by atoms with Crippen molar-refractivity contribution in [2.75, 3.05) is 42.7 Å². The summed E-state index contributed by atoms with van der Waals surface area (Å²) >= 11 is 0. The molecule has 0 aliphatic heterocycles. The van der Waals surface area contributed by atoms with Crippen LogP contribution in [-0.4, -0.2) is 63.5 Å². The lowest BCUT2D eigenvalue weighted by atomic mass is 10.1. The van der Waals surface area contributed by atoms with E-state index >= 15 is 0 Å². The van der Waals surface area contributed by atoms with E-state index in [1.165, 1.54) is 0 Å². The fourth-order valence-electron chi connectivity index (χ4n) is 3.72. The summed E-state index contributed by atoms with van der Waals surface area (Å²) in [5, 5.41) is 4.44. The Morgan fingerprint density at radius 2 is 1.29 bits per heavy atom. The van der Waals surface area contributed by atoms with E-state index in [-0.39, 0.29) is 0 Å². The molecule has 0 saturated heterocycles. The summed E-state index contributed by atoms with van der Waals surface area (Å²) in [6.07, 6.45) is 3.36. The largest absolute Gasteiger partial charge is 0.493 e. The predicted octanol–water partition coefficient (Wildman–Crippen LogP) is 4.20. The van der Waals surface area contributed by atoms with E-state index in [0.717, 1.165) is 11.1 Å². The standard InChI is InChI=1S/C25H26N4O6/c1-30-17-10-15(11-18(31-2)23(17)34-5)14-26-25-22(28-21-8-7-9-27-29(21)25)16-12-19(32-3)24(35-6)20(13-16)33-4/h7-14H,1-6H3. The van der Waals surface area contributed by atoms with Gasteiger partial charge in [-0.25, -0.2) is 9.98 Å². The average Bonchev–Trinajstić information content (AvgIpc) is 3.28. The van der Waals surface area contributed by atoms with Crippen molar-refractivity contribution >= 4 is 17.7 Å². The second-order valence-corrected chi connectivity index (χ2v) is 7.21. The number of ether oxygens (including phenoxy) is 6. The number of hydrogen-bond acceptors (Lipinski definition) is 9. The van der Waals surface area contributed by atoms with Crippen LogP contribution in [0, 0.1) is 0 Å². The average molecular weight is 479 g/mol. The van der Waals surface area contributed by atoms with Gasteiger partial charge in [0.1, 0.15) is 5.69 Å². The second-order valence-electron chi connectivity index (χ2n) is 7.21. The molecule has 0 N–H and O–H groups in total. The van der Waals surface area contributed by atoms with Gasteiger partial charge >= 0.3 is 0 Å². The zero-order valence-electron chi connectivity index (χ0n) is 20.4. The quantitative estimate of drug-likeness (QED) is 0.330. The SMILES string of the molecule is COc1cc(C=Nc2c(-c3cc(OC)c(OC)c(OC)c3)nc3cccnn23)cc(OC)c1OC. The van der Waals surface area contributed by atoms with Crippen LogP contribution >= 0.6 is 0 Å². The van der Waals surface area contributed by atoms with Crippen molar-refractivity contribution in [3.05, 3.63) is 48.2 Å². The molecule has 4 rings (SSSR count). The molecule has 2 heterocycles. The van der Waals surface area contributed by atoms with Crippen LogP contribution in [0.25, 0.3) is 16.9 Å². The van der Waals surface area contributed by atoms with Gasteiger partial charge in [0.2, 0.25) is 11.5 Å². The topological polar surface area (TPSA) is 97.9 Å². The Hall–Kier alpha value is -4.47. The fraction of sp³-hybridized carbons (Fsp3) is 0.240. The number of aromatic nitrogens is 3. The molecule has 4 aromatic rings. The first-order valence-electron chi connectivity index (χ1n) is 10.6. The highest BCUT2D eigenvalue weighted by atomic mass is 16.5. The van der Waals surface area contributed by atoms with Crippen molar-refractivity contribution in [3.8, 4) is 45.8 Å². The van der Waals surface area contributed by atoms with Gasteiger partial charge in [-0.3, -0.25) is 0 Å². The Morgan fingerprint density at radius 3 is 1.80 bits per heavy atom. The van der Waals surface area contributed by atoms with Crippen LogP contribution in [0.1, 0.15) is 5.56 Å². The summed E-state index contributed by atoms with van der Waals surface area (Å²) in [6, 6.07) is 10.9. The zero-order chi connectivity index (χ0) is 24.9. The highest BCUT2D eigenvalue weighted by Crippen LogP contribution is 2.43. The molecule has 0 aliphatic carbocycles. The molecule has 2 aromatic heterocycles. The number of aliphatic imine (C=N–C) groups is 1. The van der Waals surface area contributed by atoms with Gasteiger partial charge in [0, 0.05) is 23.5 Å². The zero-order valence-corrected chi connectivity index (χ0v) is 20.4. The molecule has 0 spiro atoms. The molecular weight excluding hydrogens is 452 g/mol. The Bertz CT molecular complexity index is 1330. The summed E-state index contributed by atoms with van der Waals surface area (Å²) < 4.78 is 34.5. The van der Waals surface area contributed by atoms with Gasteiger partial charge in [0.25, 0.3) is 0 Å². The molecular formula is C25H26N4O6. The van der Waals surface area contributed by atoms with Gasteiger partial charge in [0.05, 0.1) is 42.7 Å². The monoisotopic (exact) mass is 478 g/mol. The number of rotatable bonds is 9. The molecule has 0 fully saturated rings. The van der Waals surface area contributed by atoms with Crippen molar-refractivity contribution in [2.45, 2.75) is 0 Å².